The van der Waals surface area contributed by atoms with Crippen molar-refractivity contribution >= 4 is 33.8 Å². The summed E-state index contributed by atoms with van der Waals surface area (Å²) < 4.78 is 13.7. The van der Waals surface area contributed by atoms with Crippen LogP contribution in [0.3, 0.4) is 0 Å². The highest BCUT2D eigenvalue weighted by Crippen LogP contribution is 2.30. The number of nitrogens with zero attached hydrogens (tertiary/aromatic N) is 4. The van der Waals surface area contributed by atoms with Crippen LogP contribution in [0.2, 0.25) is 0 Å². The van der Waals surface area contributed by atoms with Gasteiger partial charge in [-0.3, -0.25) is 9.78 Å². The zero-order chi connectivity index (χ0) is 21.3. The summed E-state index contributed by atoms with van der Waals surface area (Å²) >= 11 is 1.68. The van der Waals surface area contributed by atoms with Crippen molar-refractivity contribution in [1.29, 1.82) is 0 Å². The zero-order valence-electron chi connectivity index (χ0n) is 17.1. The van der Waals surface area contributed by atoms with E-state index in [-0.39, 0.29) is 5.56 Å². The number of hydrogen-bond donors (Lipinski definition) is 1. The van der Waals surface area contributed by atoms with E-state index >= 15 is 0 Å². The standard InChI is InChI=1S/C22H22FN5OS/c1-13-7-8-28(22-26-9-14(2)30-22)12-17(13)19-10-25-20(11-24-19)27-21(29)16-5-4-6-18(23)15(16)3/h4-6,9-11H,7-8,12H2,1-3H3,(H,25,27,29). The number of aromatic nitrogens is 3. The van der Waals surface area contributed by atoms with Gasteiger partial charge in [0.1, 0.15) is 5.82 Å². The molecule has 3 aromatic rings. The molecule has 0 spiro atoms. The molecule has 0 radical (unpaired) electrons. The first-order valence-corrected chi connectivity index (χ1v) is 10.5. The maximum absolute atomic E-state index is 13.7. The number of rotatable bonds is 4. The van der Waals surface area contributed by atoms with Gasteiger partial charge in [0.25, 0.3) is 5.91 Å². The van der Waals surface area contributed by atoms with E-state index in [1.807, 2.05) is 6.20 Å². The summed E-state index contributed by atoms with van der Waals surface area (Å²) in [5, 5.41) is 3.70. The van der Waals surface area contributed by atoms with Gasteiger partial charge in [0, 0.05) is 29.7 Å². The predicted molar refractivity (Wildman–Crippen MR) is 117 cm³/mol. The summed E-state index contributed by atoms with van der Waals surface area (Å²) in [7, 11) is 0. The Bertz CT molecular complexity index is 1120. The molecule has 1 aliphatic heterocycles. The molecule has 154 valence electrons. The van der Waals surface area contributed by atoms with Gasteiger partial charge in [-0.15, -0.1) is 11.3 Å². The van der Waals surface area contributed by atoms with Crippen molar-refractivity contribution in [2.75, 3.05) is 23.3 Å². The van der Waals surface area contributed by atoms with Crippen LogP contribution in [0.4, 0.5) is 15.3 Å². The second-order valence-corrected chi connectivity index (χ2v) is 8.55. The number of aryl methyl sites for hydroxylation is 1. The van der Waals surface area contributed by atoms with Crippen molar-refractivity contribution in [3.05, 3.63) is 69.9 Å². The molecular weight excluding hydrogens is 401 g/mol. The van der Waals surface area contributed by atoms with E-state index in [1.54, 1.807) is 30.5 Å². The second kappa shape index (κ2) is 8.31. The lowest BCUT2D eigenvalue weighted by molar-refractivity contribution is 0.102. The van der Waals surface area contributed by atoms with Gasteiger partial charge in [-0.1, -0.05) is 11.6 Å². The fourth-order valence-corrected chi connectivity index (χ4v) is 4.18. The van der Waals surface area contributed by atoms with E-state index < -0.39 is 11.7 Å². The van der Waals surface area contributed by atoms with Gasteiger partial charge in [0.05, 0.1) is 18.1 Å². The number of carbonyl (C=O) groups is 1. The van der Waals surface area contributed by atoms with Crippen LogP contribution in [0, 0.1) is 19.7 Å². The van der Waals surface area contributed by atoms with Crippen molar-refractivity contribution in [2.24, 2.45) is 0 Å². The summed E-state index contributed by atoms with van der Waals surface area (Å²) in [6.07, 6.45) is 6.04. The molecule has 1 amide bonds. The van der Waals surface area contributed by atoms with E-state index in [9.17, 15) is 9.18 Å². The molecule has 8 heteroatoms. The third kappa shape index (κ3) is 4.09. The maximum atomic E-state index is 13.7. The van der Waals surface area contributed by atoms with Crippen LogP contribution in [0.25, 0.3) is 5.57 Å². The van der Waals surface area contributed by atoms with E-state index in [0.29, 0.717) is 11.4 Å². The largest absolute Gasteiger partial charge is 0.343 e. The molecule has 0 atom stereocenters. The number of thiazole rings is 1. The SMILES string of the molecule is CC1=C(c2cnc(NC(=O)c3cccc(F)c3C)cn2)CN(c2ncc(C)s2)CC1. The molecule has 30 heavy (non-hydrogen) atoms. The van der Waals surface area contributed by atoms with Crippen LogP contribution < -0.4 is 10.2 Å². The molecule has 2 aromatic heterocycles. The highest BCUT2D eigenvalue weighted by atomic mass is 32.1. The van der Waals surface area contributed by atoms with Gasteiger partial charge in [-0.05, 0) is 50.5 Å². The highest BCUT2D eigenvalue weighted by Gasteiger charge is 2.21. The molecule has 0 bridgehead atoms. The second-order valence-electron chi connectivity index (χ2n) is 7.34. The Kier molecular flexibility index (Phi) is 5.59. The van der Waals surface area contributed by atoms with Crippen molar-refractivity contribution in [1.82, 2.24) is 15.0 Å². The molecule has 1 aliphatic rings. The average molecular weight is 424 g/mol. The van der Waals surface area contributed by atoms with Crippen molar-refractivity contribution in [3.63, 3.8) is 0 Å². The topological polar surface area (TPSA) is 71.0 Å². The van der Waals surface area contributed by atoms with Gasteiger partial charge in [-0.25, -0.2) is 14.4 Å². The van der Waals surface area contributed by atoms with E-state index in [0.717, 1.165) is 35.9 Å². The Morgan fingerprint density at radius 2 is 1.97 bits per heavy atom. The Balaban J connectivity index is 1.50. The maximum Gasteiger partial charge on any atom is 0.257 e. The van der Waals surface area contributed by atoms with Crippen LogP contribution in [0.15, 0.2) is 42.4 Å². The van der Waals surface area contributed by atoms with Gasteiger partial charge >= 0.3 is 0 Å². The Morgan fingerprint density at radius 1 is 1.13 bits per heavy atom. The van der Waals surface area contributed by atoms with Crippen molar-refractivity contribution < 1.29 is 9.18 Å². The zero-order valence-corrected chi connectivity index (χ0v) is 17.9. The van der Waals surface area contributed by atoms with E-state index in [4.69, 9.17) is 0 Å². The number of benzene rings is 1. The Morgan fingerprint density at radius 3 is 2.67 bits per heavy atom. The van der Waals surface area contributed by atoms with Gasteiger partial charge in [0.15, 0.2) is 10.9 Å². The van der Waals surface area contributed by atoms with Crippen molar-refractivity contribution in [2.45, 2.75) is 27.2 Å². The van der Waals surface area contributed by atoms with Crippen LogP contribution in [0.5, 0.6) is 0 Å². The van der Waals surface area contributed by atoms with E-state index in [2.05, 4.69) is 39.0 Å². The molecule has 1 aromatic carbocycles. The molecule has 0 fully saturated rings. The summed E-state index contributed by atoms with van der Waals surface area (Å²) in [5.74, 6) is -0.495. The number of hydrogen-bond acceptors (Lipinski definition) is 6. The fourth-order valence-electron chi connectivity index (χ4n) is 3.40. The van der Waals surface area contributed by atoms with E-state index in [1.165, 1.54) is 28.8 Å². The minimum Gasteiger partial charge on any atom is -0.343 e. The molecule has 0 saturated heterocycles. The summed E-state index contributed by atoms with van der Waals surface area (Å²) in [4.78, 5) is 29.3. The third-order valence-electron chi connectivity index (χ3n) is 5.22. The number of nitrogens with one attached hydrogen (secondary N) is 1. The number of anilines is 2. The summed E-state index contributed by atoms with van der Waals surface area (Å²) in [5.41, 5.74) is 3.77. The summed E-state index contributed by atoms with van der Waals surface area (Å²) in [6, 6.07) is 4.43. The average Bonchev–Trinajstić information content (AvgIpc) is 3.17. The molecule has 0 unspecified atom stereocenters. The third-order valence-corrected chi connectivity index (χ3v) is 6.19. The van der Waals surface area contributed by atoms with Gasteiger partial charge in [0.2, 0.25) is 0 Å². The minimum absolute atomic E-state index is 0.279. The first-order valence-electron chi connectivity index (χ1n) is 9.67. The molecule has 3 heterocycles. The van der Waals surface area contributed by atoms with Gasteiger partial charge in [-0.2, -0.15) is 0 Å². The summed E-state index contributed by atoms with van der Waals surface area (Å²) in [6.45, 7) is 7.40. The lowest BCUT2D eigenvalue weighted by atomic mass is 9.99. The smallest absolute Gasteiger partial charge is 0.257 e. The highest BCUT2D eigenvalue weighted by molar-refractivity contribution is 7.15. The monoisotopic (exact) mass is 423 g/mol. The molecule has 0 aliphatic carbocycles. The number of amides is 1. The van der Waals surface area contributed by atoms with Crippen LogP contribution in [-0.2, 0) is 0 Å². The molecule has 0 saturated carbocycles. The van der Waals surface area contributed by atoms with Crippen molar-refractivity contribution in [3.8, 4) is 0 Å². The van der Waals surface area contributed by atoms with Crippen LogP contribution >= 0.6 is 11.3 Å². The predicted octanol–water partition coefficient (Wildman–Crippen LogP) is 4.63. The minimum atomic E-state index is -0.413. The van der Waals surface area contributed by atoms with Crippen LogP contribution in [-0.4, -0.2) is 33.9 Å². The molecule has 1 N–H and O–H groups in total. The first kappa shape index (κ1) is 20.2. The Labute approximate surface area is 178 Å². The van der Waals surface area contributed by atoms with Crippen LogP contribution in [0.1, 0.15) is 39.8 Å². The number of halogens is 1. The lowest BCUT2D eigenvalue weighted by Crippen LogP contribution is -2.31. The van der Waals surface area contributed by atoms with Gasteiger partial charge < -0.3 is 10.2 Å². The lowest BCUT2D eigenvalue weighted by Gasteiger charge is -2.29. The fraction of sp³-hybridized carbons (Fsp3) is 0.273. The quantitative estimate of drug-likeness (QED) is 0.663. The molecule has 4 rings (SSSR count). The number of carbonyl (C=O) groups excluding carboxylic acids is 1. The normalized spacial score (nSPS) is 14.2. The Hall–Kier alpha value is -3.13. The first-order chi connectivity index (χ1) is 14.4. The molecular formula is C22H22FN5OS. The molecule has 6 nitrogen and oxygen atoms in total.